The fourth-order valence-corrected chi connectivity index (χ4v) is 2.47. The molecule has 0 spiro atoms. The van der Waals surface area contributed by atoms with Crippen LogP contribution in [0.2, 0.25) is 0 Å². The van der Waals surface area contributed by atoms with Crippen LogP contribution in [0.15, 0.2) is 36.9 Å². The summed E-state index contributed by atoms with van der Waals surface area (Å²) in [4.78, 5) is 18.5. The Hall–Kier alpha value is -2.46. The topological polar surface area (TPSA) is 126 Å². The molecule has 10 heteroatoms. The maximum Gasteiger partial charge on any atom is 0.318 e. The van der Waals surface area contributed by atoms with Crippen molar-refractivity contribution in [2.75, 3.05) is 12.3 Å². The summed E-state index contributed by atoms with van der Waals surface area (Å²) in [5.41, 5.74) is 0.712. The lowest BCUT2D eigenvalue weighted by molar-refractivity contribution is -0.749. The molecular formula is C12H14N5O4S+. The molecule has 9 nitrogen and oxygen atoms in total. The second-order valence-corrected chi connectivity index (χ2v) is 6.21. The van der Waals surface area contributed by atoms with Crippen molar-refractivity contribution in [2.24, 2.45) is 0 Å². The standard InChI is InChI=1S/C12H13N5O4S/c18-11(19)9-16-22(20,21)7-6-17-5-2-10(8-15-17)12-13-3-1-4-14-12/h1-5,8,16H,6-7,9H2/p+1. The summed E-state index contributed by atoms with van der Waals surface area (Å²) in [6.07, 6.45) is 6.37. The van der Waals surface area contributed by atoms with Crippen molar-refractivity contribution in [1.82, 2.24) is 19.8 Å². The average molecular weight is 324 g/mol. The minimum atomic E-state index is -3.65. The Labute approximate surface area is 126 Å². The molecule has 0 atom stereocenters. The number of carbonyl (C=O) groups is 1. The lowest BCUT2D eigenvalue weighted by Gasteiger charge is -2.01. The Morgan fingerprint density at radius 1 is 1.32 bits per heavy atom. The second kappa shape index (κ2) is 7.00. The van der Waals surface area contributed by atoms with Crippen LogP contribution in [-0.4, -0.2) is 46.9 Å². The minimum Gasteiger partial charge on any atom is -0.480 e. The predicted octanol–water partition coefficient (Wildman–Crippen LogP) is -1.17. The van der Waals surface area contributed by atoms with Crippen LogP contribution in [0.25, 0.3) is 11.4 Å². The summed E-state index contributed by atoms with van der Waals surface area (Å²) in [6.45, 7) is -0.532. The van der Waals surface area contributed by atoms with Crippen molar-refractivity contribution in [3.63, 3.8) is 0 Å². The zero-order valence-electron chi connectivity index (χ0n) is 11.5. The van der Waals surface area contributed by atoms with E-state index in [1.165, 1.54) is 10.9 Å². The molecule has 2 rings (SSSR count). The molecule has 0 bridgehead atoms. The van der Waals surface area contributed by atoms with Gasteiger partial charge in [-0.15, -0.1) is 0 Å². The van der Waals surface area contributed by atoms with Gasteiger partial charge >= 0.3 is 5.97 Å². The van der Waals surface area contributed by atoms with E-state index in [0.29, 0.717) is 11.4 Å². The van der Waals surface area contributed by atoms with Gasteiger partial charge in [0.2, 0.25) is 10.0 Å². The predicted molar refractivity (Wildman–Crippen MR) is 74.9 cm³/mol. The number of hydrogen-bond donors (Lipinski definition) is 2. The summed E-state index contributed by atoms with van der Waals surface area (Å²) in [6, 6.07) is 3.43. The van der Waals surface area contributed by atoms with Gasteiger partial charge in [0, 0.05) is 24.0 Å². The Balaban J connectivity index is 1.96. The monoisotopic (exact) mass is 324 g/mol. The van der Waals surface area contributed by atoms with Gasteiger partial charge in [-0.05, 0) is 11.2 Å². The maximum absolute atomic E-state index is 11.6. The fourth-order valence-electron chi connectivity index (χ4n) is 1.55. The minimum absolute atomic E-state index is 0.102. The molecule has 0 radical (unpaired) electrons. The van der Waals surface area contributed by atoms with Gasteiger partial charge < -0.3 is 5.11 Å². The first-order valence-corrected chi connectivity index (χ1v) is 7.94. The van der Waals surface area contributed by atoms with Gasteiger partial charge in [0.1, 0.15) is 18.5 Å². The Morgan fingerprint density at radius 2 is 2.05 bits per heavy atom. The Kier molecular flexibility index (Phi) is 5.07. The first-order valence-electron chi connectivity index (χ1n) is 6.28. The zero-order chi connectivity index (χ0) is 16.0. The number of hydrogen-bond acceptors (Lipinski definition) is 6. The number of aliphatic carboxylic acids is 1. The highest BCUT2D eigenvalue weighted by Crippen LogP contribution is 2.09. The van der Waals surface area contributed by atoms with Crippen molar-refractivity contribution in [2.45, 2.75) is 6.54 Å². The van der Waals surface area contributed by atoms with E-state index < -0.39 is 22.5 Å². The average Bonchev–Trinajstić information content (AvgIpc) is 2.53. The van der Waals surface area contributed by atoms with Crippen LogP contribution in [0.4, 0.5) is 0 Å². The Morgan fingerprint density at radius 3 is 2.64 bits per heavy atom. The molecule has 0 aromatic carbocycles. The lowest BCUT2D eigenvalue weighted by Crippen LogP contribution is -2.43. The highest BCUT2D eigenvalue weighted by Gasteiger charge is 2.16. The molecule has 0 saturated carbocycles. The van der Waals surface area contributed by atoms with Gasteiger partial charge in [0.05, 0.1) is 0 Å². The molecule has 0 aliphatic carbocycles. The van der Waals surface area contributed by atoms with Crippen molar-refractivity contribution in [1.29, 1.82) is 0 Å². The summed E-state index contributed by atoms with van der Waals surface area (Å²) in [5.74, 6) is -0.974. The van der Waals surface area contributed by atoms with E-state index >= 15 is 0 Å². The summed E-state index contributed by atoms with van der Waals surface area (Å²) in [7, 11) is -3.65. The summed E-state index contributed by atoms with van der Waals surface area (Å²) >= 11 is 0. The Bertz CT molecular complexity index is 734. The third kappa shape index (κ3) is 4.82. The normalized spacial score (nSPS) is 11.3. The number of aryl methyl sites for hydroxylation is 1. The quantitative estimate of drug-likeness (QED) is 0.614. The van der Waals surface area contributed by atoms with E-state index in [1.54, 1.807) is 30.7 Å². The third-order valence-electron chi connectivity index (χ3n) is 2.63. The van der Waals surface area contributed by atoms with Gasteiger partial charge in [0.15, 0.2) is 18.6 Å². The molecule has 22 heavy (non-hydrogen) atoms. The first-order chi connectivity index (χ1) is 10.5. The van der Waals surface area contributed by atoms with Crippen molar-refractivity contribution < 1.29 is 23.0 Å². The molecule has 2 aromatic rings. The van der Waals surface area contributed by atoms with Crippen LogP contribution in [0.5, 0.6) is 0 Å². The second-order valence-electron chi connectivity index (χ2n) is 4.28. The van der Waals surface area contributed by atoms with E-state index in [9.17, 15) is 13.2 Å². The van der Waals surface area contributed by atoms with E-state index in [-0.39, 0.29) is 12.3 Å². The molecule has 2 heterocycles. The van der Waals surface area contributed by atoms with E-state index in [2.05, 4.69) is 15.1 Å². The third-order valence-corrected chi connectivity index (χ3v) is 3.93. The molecule has 0 fully saturated rings. The molecule has 2 N–H and O–H groups in total. The molecule has 0 amide bonds. The smallest absolute Gasteiger partial charge is 0.318 e. The molecule has 0 unspecified atom stereocenters. The molecule has 0 saturated heterocycles. The van der Waals surface area contributed by atoms with Gasteiger partial charge in [0.25, 0.3) is 0 Å². The number of nitrogens with zero attached hydrogens (tertiary/aromatic N) is 4. The van der Waals surface area contributed by atoms with Gasteiger partial charge in [-0.3, -0.25) is 4.79 Å². The van der Waals surface area contributed by atoms with E-state index in [1.807, 2.05) is 4.72 Å². The molecular weight excluding hydrogens is 310 g/mol. The fraction of sp³-hybridized carbons (Fsp3) is 0.250. The maximum atomic E-state index is 11.6. The highest BCUT2D eigenvalue weighted by atomic mass is 32.2. The number of carboxylic acids is 1. The van der Waals surface area contributed by atoms with Gasteiger partial charge in [-0.1, -0.05) is 4.68 Å². The van der Waals surface area contributed by atoms with E-state index in [0.717, 1.165) is 0 Å². The molecule has 0 aliphatic heterocycles. The summed E-state index contributed by atoms with van der Waals surface area (Å²) < 4.78 is 26.5. The lowest BCUT2D eigenvalue weighted by atomic mass is 10.3. The molecule has 2 aromatic heterocycles. The van der Waals surface area contributed by atoms with Gasteiger partial charge in [-0.25, -0.2) is 23.1 Å². The van der Waals surface area contributed by atoms with E-state index in [4.69, 9.17) is 5.11 Å². The number of rotatable bonds is 7. The van der Waals surface area contributed by atoms with Crippen molar-refractivity contribution in [3.05, 3.63) is 36.9 Å². The van der Waals surface area contributed by atoms with Gasteiger partial charge in [-0.2, -0.15) is 0 Å². The zero-order valence-corrected chi connectivity index (χ0v) is 12.3. The summed E-state index contributed by atoms with van der Waals surface area (Å²) in [5, 5.41) is 12.5. The first kappa shape index (κ1) is 15.9. The number of carboxylic acid groups (broad SMARTS) is 1. The number of aromatic nitrogens is 4. The number of sulfonamides is 1. The largest absolute Gasteiger partial charge is 0.480 e. The SMILES string of the molecule is O=C(O)CNS(=O)(=O)CC[n+]1ccc(-c2ncccn2)cn1. The van der Waals surface area contributed by atoms with Crippen LogP contribution >= 0.6 is 0 Å². The highest BCUT2D eigenvalue weighted by molar-refractivity contribution is 7.89. The number of nitrogens with one attached hydrogen (secondary N) is 1. The molecule has 116 valence electrons. The van der Waals surface area contributed by atoms with Crippen molar-refractivity contribution >= 4 is 16.0 Å². The van der Waals surface area contributed by atoms with Crippen molar-refractivity contribution in [3.8, 4) is 11.4 Å². The van der Waals surface area contributed by atoms with Crippen LogP contribution in [0.1, 0.15) is 0 Å². The van der Waals surface area contributed by atoms with Crippen LogP contribution in [-0.2, 0) is 21.4 Å². The molecule has 0 aliphatic rings. The van der Waals surface area contributed by atoms with Crippen LogP contribution < -0.4 is 9.40 Å². The van der Waals surface area contributed by atoms with Crippen LogP contribution in [0.3, 0.4) is 0 Å². The van der Waals surface area contributed by atoms with Crippen LogP contribution in [0, 0.1) is 0 Å².